The highest BCUT2D eigenvalue weighted by atomic mass is 32.2. The normalized spacial score (nSPS) is 29.3. The molecule has 0 aromatic carbocycles. The molecule has 0 spiro atoms. The number of rotatable bonds is 1. The van der Waals surface area contributed by atoms with Crippen molar-refractivity contribution >= 4 is 28.7 Å². The van der Waals surface area contributed by atoms with Gasteiger partial charge < -0.3 is 14.8 Å². The lowest BCUT2D eigenvalue weighted by atomic mass is 10.3. The topological polar surface area (TPSA) is 80.2 Å². The van der Waals surface area contributed by atoms with Gasteiger partial charge in [0, 0.05) is 13.8 Å². The molecule has 1 fully saturated rings. The van der Waals surface area contributed by atoms with Gasteiger partial charge in [-0.1, -0.05) is 11.8 Å². The smallest absolute Gasteiger partial charge is 0.240 e. The second kappa shape index (κ2) is 5.10. The molecule has 0 aromatic rings. The lowest BCUT2D eigenvalue weighted by Crippen LogP contribution is -2.40. The van der Waals surface area contributed by atoms with E-state index >= 15 is 0 Å². The number of amides is 2. The van der Waals surface area contributed by atoms with Gasteiger partial charge in [0.25, 0.3) is 0 Å². The van der Waals surface area contributed by atoms with Gasteiger partial charge in [-0.15, -0.1) is 5.10 Å². The van der Waals surface area contributed by atoms with Crippen LogP contribution in [0.1, 0.15) is 27.7 Å². The summed E-state index contributed by atoms with van der Waals surface area (Å²) in [7, 11) is 0. The van der Waals surface area contributed by atoms with Crippen LogP contribution >= 0.6 is 11.8 Å². The Kier molecular flexibility index (Phi) is 3.84. The van der Waals surface area contributed by atoms with Crippen molar-refractivity contribution in [3.63, 3.8) is 0 Å². The first kappa shape index (κ1) is 14.3. The lowest BCUT2D eigenvalue weighted by Gasteiger charge is -2.24. The molecule has 2 aliphatic heterocycles. The van der Waals surface area contributed by atoms with Crippen LogP contribution in [0, 0.1) is 0 Å². The van der Waals surface area contributed by atoms with Crippen LogP contribution in [0.15, 0.2) is 5.10 Å². The molecule has 2 rings (SSSR count). The largest absolute Gasteiger partial charge is 0.348 e. The van der Waals surface area contributed by atoms with E-state index in [1.54, 1.807) is 0 Å². The van der Waals surface area contributed by atoms with Crippen LogP contribution in [0.4, 0.5) is 0 Å². The van der Waals surface area contributed by atoms with Crippen LogP contribution in [0.5, 0.6) is 0 Å². The van der Waals surface area contributed by atoms with E-state index in [9.17, 15) is 9.59 Å². The first-order valence-corrected chi connectivity index (χ1v) is 6.81. The summed E-state index contributed by atoms with van der Waals surface area (Å²) < 4.78 is 11.2. The summed E-state index contributed by atoms with van der Waals surface area (Å²) in [6.45, 7) is 6.85. The van der Waals surface area contributed by atoms with Gasteiger partial charge in [0.1, 0.15) is 11.5 Å². The van der Waals surface area contributed by atoms with Crippen LogP contribution in [0.3, 0.4) is 0 Å². The van der Waals surface area contributed by atoms with Crippen molar-refractivity contribution in [1.82, 2.24) is 10.3 Å². The SMILES string of the molecule is CC(=O)NC1=NN(C(C)=O)C([C@H]2COC(C)(C)O2)S1. The van der Waals surface area contributed by atoms with E-state index in [1.165, 1.54) is 30.6 Å². The number of hydrogen-bond acceptors (Lipinski definition) is 6. The zero-order valence-corrected chi connectivity index (χ0v) is 12.1. The maximum Gasteiger partial charge on any atom is 0.240 e. The number of carbonyl (C=O) groups excluding carboxylic acids is 2. The number of nitrogens with zero attached hydrogens (tertiary/aromatic N) is 2. The maximum atomic E-state index is 11.6. The molecule has 1 saturated heterocycles. The molecule has 0 aromatic heterocycles. The summed E-state index contributed by atoms with van der Waals surface area (Å²) in [5.41, 5.74) is 0. The Morgan fingerprint density at radius 1 is 1.47 bits per heavy atom. The van der Waals surface area contributed by atoms with Crippen molar-refractivity contribution in [2.75, 3.05) is 6.61 Å². The van der Waals surface area contributed by atoms with Crippen molar-refractivity contribution in [2.24, 2.45) is 5.10 Å². The van der Waals surface area contributed by atoms with Crippen LogP contribution < -0.4 is 5.32 Å². The van der Waals surface area contributed by atoms with Gasteiger partial charge in [-0.05, 0) is 13.8 Å². The van der Waals surface area contributed by atoms with Crippen molar-refractivity contribution < 1.29 is 19.1 Å². The minimum atomic E-state index is -0.662. The highest BCUT2D eigenvalue weighted by molar-refractivity contribution is 8.14. The van der Waals surface area contributed by atoms with E-state index in [1.807, 2.05) is 13.8 Å². The van der Waals surface area contributed by atoms with Gasteiger partial charge in [-0.25, -0.2) is 5.01 Å². The predicted molar refractivity (Wildman–Crippen MR) is 70.1 cm³/mol. The Morgan fingerprint density at radius 3 is 2.63 bits per heavy atom. The number of thioether (sulfide) groups is 1. The second-order valence-corrected chi connectivity index (χ2v) is 5.93. The molecule has 0 bridgehead atoms. The summed E-state index contributed by atoms with van der Waals surface area (Å²) in [5.74, 6) is -1.09. The zero-order valence-electron chi connectivity index (χ0n) is 11.3. The van der Waals surface area contributed by atoms with Crippen molar-refractivity contribution in [2.45, 2.75) is 45.0 Å². The average molecular weight is 287 g/mol. The van der Waals surface area contributed by atoms with Gasteiger partial charge in [-0.3, -0.25) is 9.59 Å². The van der Waals surface area contributed by atoms with Gasteiger partial charge in [0.2, 0.25) is 11.8 Å². The highest BCUT2D eigenvalue weighted by Gasteiger charge is 2.44. The monoisotopic (exact) mass is 287 g/mol. The molecule has 1 N–H and O–H groups in total. The van der Waals surface area contributed by atoms with Crippen LogP contribution in [0.25, 0.3) is 0 Å². The third kappa shape index (κ3) is 3.26. The van der Waals surface area contributed by atoms with Gasteiger partial charge >= 0.3 is 0 Å². The van der Waals surface area contributed by atoms with Gasteiger partial charge in [-0.2, -0.15) is 0 Å². The fraction of sp³-hybridized carbons (Fsp3) is 0.727. The molecule has 0 saturated carbocycles. The Balaban J connectivity index is 2.09. The molecule has 2 atom stereocenters. The average Bonchev–Trinajstić information content (AvgIpc) is 2.81. The van der Waals surface area contributed by atoms with Crippen molar-refractivity contribution in [3.05, 3.63) is 0 Å². The summed E-state index contributed by atoms with van der Waals surface area (Å²) in [4.78, 5) is 22.6. The third-order valence-corrected chi connectivity index (χ3v) is 3.78. The summed E-state index contributed by atoms with van der Waals surface area (Å²) in [6.07, 6.45) is -0.279. The summed E-state index contributed by atoms with van der Waals surface area (Å²) in [5, 5.41) is 8.09. The molecular weight excluding hydrogens is 270 g/mol. The van der Waals surface area contributed by atoms with Crippen LogP contribution in [-0.4, -0.2) is 45.9 Å². The van der Waals surface area contributed by atoms with E-state index in [4.69, 9.17) is 9.47 Å². The number of hydrogen-bond donors (Lipinski definition) is 1. The highest BCUT2D eigenvalue weighted by Crippen LogP contribution is 2.35. The molecule has 0 aliphatic carbocycles. The van der Waals surface area contributed by atoms with Crippen LogP contribution in [-0.2, 0) is 19.1 Å². The van der Waals surface area contributed by atoms with E-state index in [-0.39, 0.29) is 23.3 Å². The molecule has 8 heteroatoms. The molecule has 7 nitrogen and oxygen atoms in total. The molecule has 0 radical (unpaired) electrons. The van der Waals surface area contributed by atoms with E-state index in [0.29, 0.717) is 11.8 Å². The molecular formula is C11H17N3O4S. The molecule has 2 heterocycles. The van der Waals surface area contributed by atoms with E-state index in [2.05, 4.69) is 10.4 Å². The first-order chi connectivity index (χ1) is 8.78. The molecule has 2 amide bonds. The van der Waals surface area contributed by atoms with E-state index < -0.39 is 5.79 Å². The standard InChI is InChI=1S/C11H17N3O4S/c1-6(15)12-10-13-14(7(2)16)9(19-10)8-5-17-11(3,4)18-8/h8-9H,5H2,1-4H3,(H,12,13,15)/t8-,9?/m1/s1. The number of ether oxygens (including phenoxy) is 2. The Hall–Kier alpha value is -1.12. The van der Waals surface area contributed by atoms with Crippen molar-refractivity contribution in [1.29, 1.82) is 0 Å². The molecule has 2 aliphatic rings. The Morgan fingerprint density at radius 2 is 2.16 bits per heavy atom. The van der Waals surface area contributed by atoms with Gasteiger partial charge in [0.05, 0.1) is 6.61 Å². The number of hydrazone groups is 1. The fourth-order valence-electron chi connectivity index (χ4n) is 1.89. The summed E-state index contributed by atoms with van der Waals surface area (Å²) in [6, 6.07) is 0. The second-order valence-electron chi connectivity index (χ2n) is 4.83. The van der Waals surface area contributed by atoms with Crippen LogP contribution in [0.2, 0.25) is 0 Å². The third-order valence-electron chi connectivity index (χ3n) is 2.63. The number of nitrogens with one attached hydrogen (secondary N) is 1. The number of carbonyl (C=O) groups is 2. The molecule has 106 valence electrons. The molecule has 19 heavy (non-hydrogen) atoms. The van der Waals surface area contributed by atoms with E-state index in [0.717, 1.165) is 0 Å². The Bertz CT molecular complexity index is 438. The quantitative estimate of drug-likeness (QED) is 0.758. The first-order valence-electron chi connectivity index (χ1n) is 5.93. The van der Waals surface area contributed by atoms with Gasteiger partial charge in [0.15, 0.2) is 11.0 Å². The minimum absolute atomic E-state index is 0.203. The predicted octanol–water partition coefficient (Wildman–Crippen LogP) is 0.466. The van der Waals surface area contributed by atoms with Crippen molar-refractivity contribution in [3.8, 4) is 0 Å². The fourth-order valence-corrected chi connectivity index (χ4v) is 3.03. The minimum Gasteiger partial charge on any atom is -0.348 e. The molecule has 1 unspecified atom stereocenters. The maximum absolute atomic E-state index is 11.6. The number of amidine groups is 1. The summed E-state index contributed by atoms with van der Waals surface area (Å²) >= 11 is 1.29. The lowest BCUT2D eigenvalue weighted by molar-refractivity contribution is -0.147. The zero-order chi connectivity index (χ0) is 14.2. The Labute approximate surface area is 115 Å².